The van der Waals surface area contributed by atoms with Crippen LogP contribution in [0.25, 0.3) is 10.9 Å². The lowest BCUT2D eigenvalue weighted by Crippen LogP contribution is -2.14. The number of amides is 1. The highest BCUT2D eigenvalue weighted by Gasteiger charge is 2.33. The first-order valence-electron chi connectivity index (χ1n) is 9.25. The van der Waals surface area contributed by atoms with E-state index in [-0.39, 0.29) is 5.91 Å². The molecule has 1 N–H and O–H groups in total. The molecule has 0 saturated carbocycles. The zero-order chi connectivity index (χ0) is 18.9. The van der Waals surface area contributed by atoms with Gasteiger partial charge in [-0.15, -0.1) is 0 Å². The van der Waals surface area contributed by atoms with Crippen molar-refractivity contribution in [3.05, 3.63) is 102 Å². The molecular weight excluding hydrogens is 348 g/mol. The summed E-state index contributed by atoms with van der Waals surface area (Å²) in [5.74, 6) is 0.253. The van der Waals surface area contributed by atoms with Crippen molar-refractivity contribution in [2.24, 2.45) is 0 Å². The summed E-state index contributed by atoms with van der Waals surface area (Å²) in [5, 5.41) is 4.02. The lowest BCUT2D eigenvalue weighted by Gasteiger charge is -2.12. The van der Waals surface area contributed by atoms with E-state index >= 15 is 0 Å². The molecule has 4 nitrogen and oxygen atoms in total. The van der Waals surface area contributed by atoms with Gasteiger partial charge in [0.15, 0.2) is 0 Å². The molecule has 5 rings (SSSR count). The van der Waals surface area contributed by atoms with E-state index in [9.17, 15) is 4.79 Å². The number of aromatic nitrogens is 1. The average Bonchev–Trinajstić information content (AvgIpc) is 3.07. The Labute approximate surface area is 162 Å². The Morgan fingerprint density at radius 1 is 0.893 bits per heavy atom. The summed E-state index contributed by atoms with van der Waals surface area (Å²) >= 11 is 0. The summed E-state index contributed by atoms with van der Waals surface area (Å²) in [7, 11) is 0. The Balaban J connectivity index is 1.47. The van der Waals surface area contributed by atoms with E-state index in [2.05, 4.69) is 5.32 Å². The summed E-state index contributed by atoms with van der Waals surface area (Å²) in [6.45, 7) is 0.486. The van der Waals surface area contributed by atoms with Gasteiger partial charge in [-0.25, -0.2) is 0 Å². The molecule has 2 heterocycles. The van der Waals surface area contributed by atoms with Gasteiger partial charge in [0.25, 0.3) is 0 Å². The van der Waals surface area contributed by atoms with Crippen molar-refractivity contribution in [3.8, 4) is 5.75 Å². The first-order valence-corrected chi connectivity index (χ1v) is 9.25. The Hall–Kier alpha value is -3.66. The molecule has 28 heavy (non-hydrogen) atoms. The van der Waals surface area contributed by atoms with Gasteiger partial charge in [-0.3, -0.25) is 9.78 Å². The predicted octanol–water partition coefficient (Wildman–Crippen LogP) is 4.90. The molecule has 1 amide bonds. The summed E-state index contributed by atoms with van der Waals surface area (Å²) in [5.41, 5.74) is 4.45. The van der Waals surface area contributed by atoms with E-state index in [0.29, 0.717) is 6.61 Å². The fourth-order valence-electron chi connectivity index (χ4n) is 3.61. The average molecular weight is 366 g/mol. The third-order valence-electron chi connectivity index (χ3n) is 5.02. The van der Waals surface area contributed by atoms with Crippen molar-refractivity contribution in [3.63, 3.8) is 0 Å². The molecule has 0 aliphatic carbocycles. The maximum absolute atomic E-state index is 12.7. The summed E-state index contributed by atoms with van der Waals surface area (Å²) in [4.78, 5) is 17.4. The minimum absolute atomic E-state index is 0.0574. The van der Waals surface area contributed by atoms with Crippen LogP contribution in [0.15, 0.2) is 84.9 Å². The van der Waals surface area contributed by atoms with Gasteiger partial charge in [0, 0.05) is 11.1 Å². The molecule has 0 spiro atoms. The van der Waals surface area contributed by atoms with Crippen molar-refractivity contribution in [1.29, 1.82) is 0 Å². The third-order valence-corrected chi connectivity index (χ3v) is 5.02. The van der Waals surface area contributed by atoms with Gasteiger partial charge in [-0.2, -0.15) is 0 Å². The van der Waals surface area contributed by atoms with Gasteiger partial charge in [0.1, 0.15) is 18.3 Å². The zero-order valence-corrected chi connectivity index (χ0v) is 15.1. The van der Waals surface area contributed by atoms with Crippen LogP contribution in [0.2, 0.25) is 0 Å². The van der Waals surface area contributed by atoms with E-state index in [4.69, 9.17) is 9.72 Å². The van der Waals surface area contributed by atoms with Crippen LogP contribution in [-0.2, 0) is 11.4 Å². The number of hydrogen-bond acceptors (Lipinski definition) is 3. The highest BCUT2D eigenvalue weighted by atomic mass is 16.5. The van der Waals surface area contributed by atoms with E-state index < -0.39 is 5.92 Å². The molecule has 0 saturated heterocycles. The first-order chi connectivity index (χ1) is 13.8. The van der Waals surface area contributed by atoms with E-state index in [1.165, 1.54) is 0 Å². The molecule has 1 atom stereocenters. The van der Waals surface area contributed by atoms with Gasteiger partial charge < -0.3 is 10.1 Å². The Morgan fingerprint density at radius 3 is 2.61 bits per heavy atom. The van der Waals surface area contributed by atoms with Crippen molar-refractivity contribution in [1.82, 2.24) is 4.98 Å². The van der Waals surface area contributed by atoms with Crippen molar-refractivity contribution >= 4 is 22.5 Å². The molecule has 1 aromatic heterocycles. The number of ether oxygens (including phenoxy) is 1. The van der Waals surface area contributed by atoms with Crippen LogP contribution < -0.4 is 10.1 Å². The van der Waals surface area contributed by atoms with Gasteiger partial charge in [0.05, 0.1) is 11.2 Å². The van der Waals surface area contributed by atoms with Crippen LogP contribution in [0, 0.1) is 0 Å². The fourth-order valence-corrected chi connectivity index (χ4v) is 3.61. The normalized spacial score (nSPS) is 15.3. The molecule has 0 radical (unpaired) electrons. The number of nitrogens with zero attached hydrogens (tertiary/aromatic N) is 1. The van der Waals surface area contributed by atoms with Crippen molar-refractivity contribution < 1.29 is 9.53 Å². The second-order valence-electron chi connectivity index (χ2n) is 6.87. The largest absolute Gasteiger partial charge is 0.489 e. The summed E-state index contributed by atoms with van der Waals surface area (Å²) in [6, 6.07) is 27.6. The molecule has 4 aromatic rings. The van der Waals surface area contributed by atoms with Crippen LogP contribution in [-0.4, -0.2) is 10.9 Å². The van der Waals surface area contributed by atoms with E-state index in [1.54, 1.807) is 0 Å². The van der Waals surface area contributed by atoms with Crippen molar-refractivity contribution in [2.75, 3.05) is 5.32 Å². The van der Waals surface area contributed by atoms with Crippen LogP contribution in [0.4, 0.5) is 5.69 Å². The Bertz CT molecular complexity index is 1170. The summed E-state index contributed by atoms with van der Waals surface area (Å²) in [6.07, 6.45) is 0. The van der Waals surface area contributed by atoms with Gasteiger partial charge >= 0.3 is 0 Å². The van der Waals surface area contributed by atoms with Gasteiger partial charge in [-0.1, -0.05) is 54.6 Å². The lowest BCUT2D eigenvalue weighted by atomic mass is 9.96. The molecule has 136 valence electrons. The maximum atomic E-state index is 12.7. The van der Waals surface area contributed by atoms with Crippen molar-refractivity contribution in [2.45, 2.75) is 12.5 Å². The minimum Gasteiger partial charge on any atom is -0.489 e. The van der Waals surface area contributed by atoms with Crippen LogP contribution in [0.1, 0.15) is 22.7 Å². The molecule has 0 fully saturated rings. The number of anilines is 1. The number of carbonyl (C=O) groups excluding carboxylic acids is 1. The van der Waals surface area contributed by atoms with Crippen LogP contribution in [0.5, 0.6) is 5.75 Å². The number of benzene rings is 3. The van der Waals surface area contributed by atoms with Crippen LogP contribution in [0.3, 0.4) is 0 Å². The lowest BCUT2D eigenvalue weighted by molar-refractivity contribution is -0.116. The molecule has 4 heteroatoms. The highest BCUT2D eigenvalue weighted by molar-refractivity contribution is 6.05. The topological polar surface area (TPSA) is 51.2 Å². The summed E-state index contributed by atoms with van der Waals surface area (Å²) < 4.78 is 5.95. The smallest absolute Gasteiger partial charge is 0.238 e. The number of pyridine rings is 1. The molecular formula is C24H18N2O2. The number of para-hydroxylation sites is 1. The number of nitrogens with one attached hydrogen (secondary N) is 1. The number of fused-ring (bicyclic) bond motifs is 2. The molecule has 0 bridgehead atoms. The number of carbonyl (C=O) groups is 1. The third kappa shape index (κ3) is 2.99. The van der Waals surface area contributed by atoms with Gasteiger partial charge in [0.2, 0.25) is 5.91 Å². The maximum Gasteiger partial charge on any atom is 0.238 e. The Morgan fingerprint density at radius 2 is 1.71 bits per heavy atom. The van der Waals surface area contributed by atoms with Gasteiger partial charge in [-0.05, 0) is 41.5 Å². The number of hydrogen-bond donors (Lipinski definition) is 1. The highest BCUT2D eigenvalue weighted by Crippen LogP contribution is 2.39. The zero-order valence-electron chi connectivity index (χ0n) is 15.1. The fraction of sp³-hybridized carbons (Fsp3) is 0.0833. The second-order valence-corrected chi connectivity index (χ2v) is 6.87. The van der Waals surface area contributed by atoms with Crippen LogP contribution >= 0.6 is 0 Å². The Kier molecular flexibility index (Phi) is 4.02. The first kappa shape index (κ1) is 16.5. The predicted molar refractivity (Wildman–Crippen MR) is 109 cm³/mol. The SMILES string of the molecule is O=C1Nc2ccc(OCc3ccccc3)cc2C1c1ccc2ccccc2n1. The van der Waals surface area contributed by atoms with E-state index in [0.717, 1.165) is 39.2 Å². The molecule has 1 aliphatic heterocycles. The molecule has 3 aromatic carbocycles. The van der Waals surface area contributed by atoms with E-state index in [1.807, 2.05) is 84.9 Å². The monoisotopic (exact) mass is 366 g/mol. The molecule has 1 unspecified atom stereocenters. The quantitative estimate of drug-likeness (QED) is 0.559. The standard InChI is InChI=1S/C24H18N2O2/c27-24-23(22-12-10-17-8-4-5-9-20(17)25-22)19-14-18(11-13-21(19)26-24)28-15-16-6-2-1-3-7-16/h1-14,23H,15H2,(H,26,27). The minimum atomic E-state index is -0.431. The number of rotatable bonds is 4. The second kappa shape index (κ2) is 6.82. The molecule has 1 aliphatic rings.